The van der Waals surface area contributed by atoms with Crippen LogP contribution in [-0.4, -0.2) is 30.4 Å². The largest absolute Gasteiger partial charge is 0.354 e. The third-order valence-corrected chi connectivity index (χ3v) is 4.28. The maximum atomic E-state index is 12.3. The number of pyridine rings is 1. The fourth-order valence-electron chi connectivity index (χ4n) is 2.95. The van der Waals surface area contributed by atoms with Gasteiger partial charge in [-0.3, -0.25) is 14.6 Å². The standard InChI is InChI=1S/C16H24N4O2/c1-18-16(22)14-10-13(7-9-19-14)20-15(21)12-4-2-11(3-5-12)6-8-17/h7,9-12H,2-6,8,17H2,1H3,(H,18,22)(H,19,20,21). The fraction of sp³-hybridized carbons (Fsp3) is 0.562. The summed E-state index contributed by atoms with van der Waals surface area (Å²) in [4.78, 5) is 27.9. The molecule has 0 aromatic carbocycles. The van der Waals surface area contributed by atoms with Gasteiger partial charge in [0.25, 0.3) is 5.91 Å². The van der Waals surface area contributed by atoms with Gasteiger partial charge in [-0.05, 0) is 56.7 Å². The van der Waals surface area contributed by atoms with Gasteiger partial charge in [0.05, 0.1) is 0 Å². The number of carbonyl (C=O) groups excluding carboxylic acids is 2. The van der Waals surface area contributed by atoms with Gasteiger partial charge in [0.2, 0.25) is 5.91 Å². The van der Waals surface area contributed by atoms with Crippen LogP contribution in [0.25, 0.3) is 0 Å². The molecule has 1 saturated carbocycles. The Bertz CT molecular complexity index is 525. The average molecular weight is 304 g/mol. The van der Waals surface area contributed by atoms with Crippen molar-refractivity contribution in [1.29, 1.82) is 0 Å². The van der Waals surface area contributed by atoms with Gasteiger partial charge in [-0.15, -0.1) is 0 Å². The molecule has 2 amide bonds. The highest BCUT2D eigenvalue weighted by Crippen LogP contribution is 2.31. The summed E-state index contributed by atoms with van der Waals surface area (Å²) < 4.78 is 0. The molecule has 1 aliphatic rings. The van der Waals surface area contributed by atoms with Crippen LogP contribution in [0.15, 0.2) is 18.3 Å². The number of carbonyl (C=O) groups is 2. The van der Waals surface area contributed by atoms with Crippen molar-refractivity contribution in [3.8, 4) is 0 Å². The van der Waals surface area contributed by atoms with Gasteiger partial charge >= 0.3 is 0 Å². The van der Waals surface area contributed by atoms with E-state index in [1.807, 2.05) is 0 Å². The molecule has 1 fully saturated rings. The molecule has 0 radical (unpaired) electrons. The van der Waals surface area contributed by atoms with Crippen LogP contribution in [0.1, 0.15) is 42.6 Å². The van der Waals surface area contributed by atoms with E-state index in [-0.39, 0.29) is 17.7 Å². The second kappa shape index (κ2) is 7.89. The second-order valence-electron chi connectivity index (χ2n) is 5.79. The summed E-state index contributed by atoms with van der Waals surface area (Å²) in [5, 5.41) is 5.41. The number of amides is 2. The predicted octanol–water partition coefficient (Wildman–Crippen LogP) is 1.53. The highest BCUT2D eigenvalue weighted by molar-refractivity contribution is 5.96. The van der Waals surface area contributed by atoms with E-state index >= 15 is 0 Å². The van der Waals surface area contributed by atoms with Crippen LogP contribution >= 0.6 is 0 Å². The maximum Gasteiger partial charge on any atom is 0.269 e. The highest BCUT2D eigenvalue weighted by atomic mass is 16.2. The zero-order chi connectivity index (χ0) is 15.9. The van der Waals surface area contributed by atoms with Gasteiger partial charge in [-0.25, -0.2) is 0 Å². The van der Waals surface area contributed by atoms with Gasteiger partial charge in [0, 0.05) is 24.8 Å². The number of nitrogens with one attached hydrogen (secondary N) is 2. The van der Waals surface area contributed by atoms with Crippen molar-refractivity contribution >= 4 is 17.5 Å². The first-order valence-electron chi connectivity index (χ1n) is 7.83. The third-order valence-electron chi connectivity index (χ3n) is 4.28. The lowest BCUT2D eigenvalue weighted by atomic mass is 9.80. The first-order chi connectivity index (χ1) is 10.6. The predicted molar refractivity (Wildman–Crippen MR) is 85.4 cm³/mol. The molecule has 120 valence electrons. The lowest BCUT2D eigenvalue weighted by molar-refractivity contribution is -0.121. The summed E-state index contributed by atoms with van der Waals surface area (Å²) in [5.74, 6) is 0.471. The maximum absolute atomic E-state index is 12.3. The molecule has 0 spiro atoms. The molecular weight excluding hydrogens is 280 g/mol. The zero-order valence-electron chi connectivity index (χ0n) is 13.0. The van der Waals surface area contributed by atoms with Crippen LogP contribution in [0.5, 0.6) is 0 Å². The molecule has 1 aromatic rings. The van der Waals surface area contributed by atoms with E-state index in [1.165, 1.54) is 6.20 Å². The molecule has 0 saturated heterocycles. The van der Waals surface area contributed by atoms with Gasteiger partial charge < -0.3 is 16.4 Å². The Labute approximate surface area is 130 Å². The monoisotopic (exact) mass is 304 g/mol. The van der Waals surface area contributed by atoms with E-state index in [0.717, 1.165) is 38.6 Å². The summed E-state index contributed by atoms with van der Waals surface area (Å²) in [7, 11) is 1.55. The number of rotatable bonds is 5. The number of hydrogen-bond acceptors (Lipinski definition) is 4. The van der Waals surface area contributed by atoms with Crippen LogP contribution in [-0.2, 0) is 4.79 Å². The molecule has 4 N–H and O–H groups in total. The van der Waals surface area contributed by atoms with Gasteiger partial charge in [0.15, 0.2) is 0 Å². The molecule has 0 aliphatic heterocycles. The topological polar surface area (TPSA) is 97.1 Å². The summed E-state index contributed by atoms with van der Waals surface area (Å²) >= 11 is 0. The Balaban J connectivity index is 1.91. The molecule has 0 unspecified atom stereocenters. The molecule has 0 atom stereocenters. The average Bonchev–Trinajstić information content (AvgIpc) is 2.55. The molecule has 1 aliphatic carbocycles. The molecule has 6 nitrogen and oxygen atoms in total. The summed E-state index contributed by atoms with van der Waals surface area (Å²) in [6.45, 7) is 0.723. The van der Waals surface area contributed by atoms with E-state index in [9.17, 15) is 9.59 Å². The minimum Gasteiger partial charge on any atom is -0.354 e. The van der Waals surface area contributed by atoms with Crippen LogP contribution in [0.3, 0.4) is 0 Å². The first-order valence-corrected chi connectivity index (χ1v) is 7.83. The number of hydrogen-bond donors (Lipinski definition) is 3. The van der Waals surface area contributed by atoms with E-state index in [0.29, 0.717) is 17.3 Å². The fourth-order valence-corrected chi connectivity index (χ4v) is 2.95. The Morgan fingerprint density at radius 3 is 2.68 bits per heavy atom. The third kappa shape index (κ3) is 4.27. The van der Waals surface area contributed by atoms with Crippen molar-refractivity contribution in [2.24, 2.45) is 17.6 Å². The van der Waals surface area contributed by atoms with Crippen LogP contribution in [0.4, 0.5) is 5.69 Å². The second-order valence-corrected chi connectivity index (χ2v) is 5.79. The molecular formula is C16H24N4O2. The van der Waals surface area contributed by atoms with Crippen LogP contribution < -0.4 is 16.4 Å². The van der Waals surface area contributed by atoms with Gasteiger partial charge in [0.1, 0.15) is 5.69 Å². The smallest absolute Gasteiger partial charge is 0.269 e. The number of nitrogens with zero attached hydrogens (tertiary/aromatic N) is 1. The van der Waals surface area contributed by atoms with E-state index in [4.69, 9.17) is 5.73 Å². The first kappa shape index (κ1) is 16.4. The van der Waals surface area contributed by atoms with Gasteiger partial charge in [-0.2, -0.15) is 0 Å². The lowest BCUT2D eigenvalue weighted by Gasteiger charge is -2.27. The van der Waals surface area contributed by atoms with Crippen molar-refractivity contribution in [2.75, 3.05) is 18.9 Å². The van der Waals surface area contributed by atoms with Crippen LogP contribution in [0, 0.1) is 11.8 Å². The molecule has 1 heterocycles. The number of aromatic nitrogens is 1. The van der Waals surface area contributed by atoms with Crippen molar-refractivity contribution < 1.29 is 9.59 Å². The van der Waals surface area contributed by atoms with Crippen molar-refractivity contribution in [1.82, 2.24) is 10.3 Å². The molecule has 1 aromatic heterocycles. The Hall–Kier alpha value is -1.95. The molecule has 0 bridgehead atoms. The van der Waals surface area contributed by atoms with Crippen LogP contribution in [0.2, 0.25) is 0 Å². The highest BCUT2D eigenvalue weighted by Gasteiger charge is 2.26. The minimum atomic E-state index is -0.265. The Morgan fingerprint density at radius 2 is 2.05 bits per heavy atom. The summed E-state index contributed by atoms with van der Waals surface area (Å²) in [6, 6.07) is 3.29. The van der Waals surface area contributed by atoms with E-state index < -0.39 is 0 Å². The minimum absolute atomic E-state index is 0.0280. The van der Waals surface area contributed by atoms with Gasteiger partial charge in [-0.1, -0.05) is 0 Å². The van der Waals surface area contributed by atoms with E-state index in [1.54, 1.807) is 19.2 Å². The number of anilines is 1. The normalized spacial score (nSPS) is 21.2. The number of nitrogens with two attached hydrogens (primary N) is 1. The quantitative estimate of drug-likeness (QED) is 0.768. The van der Waals surface area contributed by atoms with E-state index in [2.05, 4.69) is 15.6 Å². The molecule has 2 rings (SSSR count). The van der Waals surface area contributed by atoms with Crippen molar-refractivity contribution in [2.45, 2.75) is 32.1 Å². The Morgan fingerprint density at radius 1 is 1.32 bits per heavy atom. The summed E-state index contributed by atoms with van der Waals surface area (Å²) in [6.07, 6.45) is 6.52. The molecule has 6 heteroatoms. The SMILES string of the molecule is CNC(=O)c1cc(NC(=O)C2CCC(CCN)CC2)ccn1. The Kier molecular flexibility index (Phi) is 5.89. The van der Waals surface area contributed by atoms with Crippen molar-refractivity contribution in [3.63, 3.8) is 0 Å². The lowest BCUT2D eigenvalue weighted by Crippen LogP contribution is -2.28. The molecule has 22 heavy (non-hydrogen) atoms. The van der Waals surface area contributed by atoms with Crippen molar-refractivity contribution in [3.05, 3.63) is 24.0 Å². The zero-order valence-corrected chi connectivity index (χ0v) is 13.0. The summed E-state index contributed by atoms with van der Waals surface area (Å²) in [5.41, 5.74) is 6.50.